The Morgan fingerprint density at radius 3 is 1.53 bits per heavy atom. The Hall–Kier alpha value is -1.69. The van der Waals surface area contributed by atoms with Gasteiger partial charge < -0.3 is 17.7 Å². The van der Waals surface area contributed by atoms with E-state index < -0.39 is 17.1 Å². The number of nitrogens with zero attached hydrogens (tertiary/aromatic N) is 2. The third kappa shape index (κ3) is 10.7. The monoisotopic (exact) mass is 530 g/mol. The average Bonchev–Trinajstić information content (AvgIpc) is 2.84. The number of fused-ring (bicyclic) bond motifs is 1. The van der Waals surface area contributed by atoms with Crippen molar-refractivity contribution in [3.63, 3.8) is 0 Å². The van der Waals surface area contributed by atoms with Gasteiger partial charge in [-0.05, 0) is 93.7 Å². The highest BCUT2D eigenvalue weighted by atomic mass is 28.4. The Morgan fingerprint density at radius 1 is 0.639 bits per heavy atom. The summed E-state index contributed by atoms with van der Waals surface area (Å²) in [7, 11) is -4.09. The van der Waals surface area contributed by atoms with Gasteiger partial charge in [0.15, 0.2) is 8.32 Å². The van der Waals surface area contributed by atoms with E-state index in [0.29, 0.717) is 19.8 Å². The SMILES string of the molecule is CCO[Si](C)(C)CCC/N=C/c1ccc2cc(/C=N/CCC[Si](OCC)(OCC)OCC)ccc2c1. The van der Waals surface area contributed by atoms with Crippen molar-refractivity contribution in [2.75, 3.05) is 39.5 Å². The van der Waals surface area contributed by atoms with Gasteiger partial charge in [-0.3, -0.25) is 9.98 Å². The molecule has 0 spiro atoms. The lowest BCUT2D eigenvalue weighted by Gasteiger charge is -2.28. The molecule has 0 aliphatic carbocycles. The Bertz CT molecular complexity index is 949. The maximum absolute atomic E-state index is 5.92. The number of aliphatic imine (C=N–C) groups is 2. The predicted octanol–water partition coefficient (Wildman–Crippen LogP) is 6.75. The van der Waals surface area contributed by atoms with Gasteiger partial charge >= 0.3 is 8.80 Å². The fraction of sp³-hybridized carbons (Fsp3) is 0.571. The van der Waals surface area contributed by atoms with Crippen LogP contribution in [-0.2, 0) is 17.7 Å². The van der Waals surface area contributed by atoms with Gasteiger partial charge in [0.05, 0.1) is 0 Å². The summed E-state index contributed by atoms with van der Waals surface area (Å²) in [5.74, 6) is 0. The molecule has 0 atom stereocenters. The van der Waals surface area contributed by atoms with Crippen LogP contribution in [0.2, 0.25) is 25.2 Å². The minimum absolute atomic E-state index is 0.606. The van der Waals surface area contributed by atoms with Crippen LogP contribution in [0.5, 0.6) is 0 Å². The second-order valence-corrected chi connectivity index (χ2v) is 16.4. The summed E-state index contributed by atoms with van der Waals surface area (Å²) in [5, 5.41) is 2.41. The molecule has 2 aromatic carbocycles. The smallest absolute Gasteiger partial charge is 0.418 e. The van der Waals surface area contributed by atoms with E-state index in [4.69, 9.17) is 17.7 Å². The Morgan fingerprint density at radius 2 is 1.08 bits per heavy atom. The molecule has 8 heteroatoms. The highest BCUT2D eigenvalue weighted by Crippen LogP contribution is 2.19. The Kier molecular flexibility index (Phi) is 13.8. The van der Waals surface area contributed by atoms with Crippen LogP contribution in [0, 0.1) is 0 Å². The molecule has 36 heavy (non-hydrogen) atoms. The first kappa shape index (κ1) is 30.5. The highest BCUT2D eigenvalue weighted by molar-refractivity contribution is 6.71. The van der Waals surface area contributed by atoms with E-state index in [1.54, 1.807) is 0 Å². The minimum atomic E-state index is -2.58. The van der Waals surface area contributed by atoms with Crippen LogP contribution in [0.4, 0.5) is 0 Å². The topological polar surface area (TPSA) is 61.6 Å². The quantitative estimate of drug-likeness (QED) is 0.122. The number of hydrogen-bond donors (Lipinski definition) is 0. The zero-order chi connectivity index (χ0) is 26.3. The lowest BCUT2D eigenvalue weighted by atomic mass is 10.0. The maximum atomic E-state index is 5.92. The van der Waals surface area contributed by atoms with Crippen molar-refractivity contribution in [1.82, 2.24) is 0 Å². The van der Waals surface area contributed by atoms with E-state index in [9.17, 15) is 0 Å². The van der Waals surface area contributed by atoms with Crippen molar-refractivity contribution < 1.29 is 17.7 Å². The zero-order valence-corrected chi connectivity index (χ0v) is 25.2. The van der Waals surface area contributed by atoms with Crippen molar-refractivity contribution in [3.8, 4) is 0 Å². The van der Waals surface area contributed by atoms with Crippen molar-refractivity contribution in [1.29, 1.82) is 0 Å². The third-order valence-electron chi connectivity index (χ3n) is 5.83. The fourth-order valence-electron chi connectivity index (χ4n) is 4.23. The van der Waals surface area contributed by atoms with Gasteiger partial charge in [0.1, 0.15) is 0 Å². The number of rotatable bonds is 18. The first-order valence-electron chi connectivity index (χ1n) is 13.5. The average molecular weight is 531 g/mol. The highest BCUT2D eigenvalue weighted by Gasteiger charge is 2.39. The number of benzene rings is 2. The summed E-state index contributed by atoms with van der Waals surface area (Å²) in [5.41, 5.74) is 2.24. The van der Waals surface area contributed by atoms with Crippen LogP contribution in [0.15, 0.2) is 46.4 Å². The standard InChI is InChI=1S/C28H46N2O4Si2/c1-7-31-35(5,6)19-11-17-29-23-25-13-15-28-22-26(14-16-27(28)21-25)24-30-18-12-20-36(32-8-2,33-9-3)34-10-4/h13-16,21-24H,7-12,17-20H2,1-6H3/b29-23+,30-24+. The molecule has 0 N–H and O–H groups in total. The molecule has 0 saturated heterocycles. The molecule has 0 heterocycles. The lowest BCUT2D eigenvalue weighted by Crippen LogP contribution is -2.46. The van der Waals surface area contributed by atoms with Gasteiger partial charge in [0.25, 0.3) is 0 Å². The molecule has 0 unspecified atom stereocenters. The normalized spacial score (nSPS) is 12.9. The van der Waals surface area contributed by atoms with Crippen LogP contribution in [-0.4, -0.2) is 69.1 Å². The van der Waals surface area contributed by atoms with E-state index >= 15 is 0 Å². The summed E-state index contributed by atoms with van der Waals surface area (Å²) >= 11 is 0. The first-order chi connectivity index (χ1) is 17.4. The molecule has 200 valence electrons. The Labute approximate surface area is 220 Å². The summed E-state index contributed by atoms with van der Waals surface area (Å²) in [6.07, 6.45) is 5.90. The molecule has 2 rings (SSSR count). The maximum Gasteiger partial charge on any atom is 0.500 e. The van der Waals surface area contributed by atoms with E-state index in [0.717, 1.165) is 55.8 Å². The van der Waals surface area contributed by atoms with Crippen LogP contribution in [0.3, 0.4) is 0 Å². The summed E-state index contributed by atoms with van der Waals surface area (Å²) in [6, 6.07) is 14.9. The largest absolute Gasteiger partial charge is 0.500 e. The van der Waals surface area contributed by atoms with Gasteiger partial charge in [0, 0.05) is 58.0 Å². The zero-order valence-electron chi connectivity index (χ0n) is 23.2. The molecule has 0 fully saturated rings. The molecule has 0 aliphatic heterocycles. The first-order valence-corrected chi connectivity index (χ1v) is 18.5. The molecule has 0 aromatic heterocycles. The molecular weight excluding hydrogens is 484 g/mol. The van der Waals surface area contributed by atoms with Crippen molar-refractivity contribution >= 4 is 40.3 Å². The molecule has 0 radical (unpaired) electrons. The summed E-state index contributed by atoms with van der Waals surface area (Å²) in [4.78, 5) is 9.27. The van der Waals surface area contributed by atoms with E-state index in [-0.39, 0.29) is 0 Å². The van der Waals surface area contributed by atoms with E-state index in [1.165, 1.54) is 10.8 Å². The Balaban J connectivity index is 1.88. The number of hydrogen-bond acceptors (Lipinski definition) is 6. The second-order valence-electron chi connectivity index (χ2n) is 9.32. The van der Waals surface area contributed by atoms with Crippen LogP contribution in [0.1, 0.15) is 51.7 Å². The van der Waals surface area contributed by atoms with Crippen molar-refractivity contribution in [2.45, 2.75) is 65.7 Å². The van der Waals surface area contributed by atoms with Gasteiger partial charge in [-0.15, -0.1) is 0 Å². The predicted molar refractivity (Wildman–Crippen MR) is 157 cm³/mol. The summed E-state index contributed by atoms with van der Waals surface area (Å²) < 4.78 is 23.7. The summed E-state index contributed by atoms with van der Waals surface area (Å²) in [6.45, 7) is 16.8. The van der Waals surface area contributed by atoms with Crippen molar-refractivity contribution in [2.24, 2.45) is 9.98 Å². The molecule has 0 bridgehead atoms. The van der Waals surface area contributed by atoms with Crippen LogP contribution >= 0.6 is 0 Å². The molecular formula is C28H46N2O4Si2. The molecule has 2 aromatic rings. The molecule has 0 aliphatic rings. The minimum Gasteiger partial charge on any atom is -0.418 e. The fourth-order valence-corrected chi connectivity index (χ4v) is 8.76. The van der Waals surface area contributed by atoms with Crippen molar-refractivity contribution in [3.05, 3.63) is 47.5 Å². The molecule has 6 nitrogen and oxygen atoms in total. The van der Waals surface area contributed by atoms with Gasteiger partial charge in [-0.2, -0.15) is 0 Å². The van der Waals surface area contributed by atoms with Crippen LogP contribution in [0.25, 0.3) is 10.8 Å². The van der Waals surface area contributed by atoms with Crippen LogP contribution < -0.4 is 0 Å². The third-order valence-corrected chi connectivity index (χ3v) is 11.6. The van der Waals surface area contributed by atoms with Gasteiger partial charge in [0.2, 0.25) is 0 Å². The van der Waals surface area contributed by atoms with Gasteiger partial charge in [-0.1, -0.05) is 24.3 Å². The van der Waals surface area contributed by atoms with E-state index in [2.05, 4.69) is 66.4 Å². The van der Waals surface area contributed by atoms with Gasteiger partial charge in [-0.25, -0.2) is 0 Å². The molecule has 0 saturated carbocycles. The van der Waals surface area contributed by atoms with E-state index in [1.807, 2.05) is 33.2 Å². The second kappa shape index (κ2) is 16.2. The molecule has 0 amide bonds. The lowest BCUT2D eigenvalue weighted by molar-refractivity contribution is 0.0710.